The number of rotatable bonds is 0. The van der Waals surface area contributed by atoms with Crippen molar-refractivity contribution in [2.24, 2.45) is 23.2 Å². The lowest BCUT2D eigenvalue weighted by molar-refractivity contribution is -0.152. The second-order valence-electron chi connectivity index (χ2n) is 4.82. The van der Waals surface area contributed by atoms with Gasteiger partial charge in [0.25, 0.3) is 0 Å². The maximum atomic E-state index is 11.3. The molecule has 0 aliphatic heterocycles. The average Bonchev–Trinajstić information content (AvgIpc) is 1.93. The van der Waals surface area contributed by atoms with Gasteiger partial charge in [-0.15, -0.1) is 0 Å². The quantitative estimate of drug-likeness (QED) is 0.520. The van der Waals surface area contributed by atoms with Gasteiger partial charge < -0.3 is 0 Å². The molecule has 1 heteroatoms. The molecule has 62 valence electrons. The predicted molar refractivity (Wildman–Crippen MR) is 44.2 cm³/mol. The number of hydrogen-bond donors (Lipinski definition) is 0. The summed E-state index contributed by atoms with van der Waals surface area (Å²) in [5, 5.41) is 0. The molecule has 3 fully saturated rings. The van der Waals surface area contributed by atoms with Crippen LogP contribution in [0.5, 0.6) is 0 Å². The fourth-order valence-corrected chi connectivity index (χ4v) is 2.90. The number of ketones is 1. The van der Waals surface area contributed by atoms with E-state index in [0.29, 0.717) is 29.0 Å². The van der Waals surface area contributed by atoms with E-state index < -0.39 is 0 Å². The third kappa shape index (κ3) is 0.743. The molecule has 3 atom stereocenters. The molecule has 0 radical (unpaired) electrons. The van der Waals surface area contributed by atoms with E-state index in [1.54, 1.807) is 0 Å². The van der Waals surface area contributed by atoms with E-state index in [0.717, 1.165) is 6.42 Å². The molecule has 0 aromatic rings. The van der Waals surface area contributed by atoms with Gasteiger partial charge in [0.2, 0.25) is 0 Å². The van der Waals surface area contributed by atoms with Gasteiger partial charge in [0, 0.05) is 12.3 Å². The lowest BCUT2D eigenvalue weighted by Gasteiger charge is -2.58. The molecule has 2 bridgehead atoms. The van der Waals surface area contributed by atoms with Crippen LogP contribution in [0.25, 0.3) is 0 Å². The fraction of sp³-hybridized carbons (Fsp3) is 0.900. The molecule has 3 saturated carbocycles. The van der Waals surface area contributed by atoms with Crippen molar-refractivity contribution in [2.45, 2.75) is 33.6 Å². The number of hydrogen-bond acceptors (Lipinski definition) is 1. The summed E-state index contributed by atoms with van der Waals surface area (Å²) in [6, 6.07) is 0. The number of fused-ring (bicyclic) bond motifs is 2. The molecule has 2 unspecified atom stereocenters. The Morgan fingerprint density at radius 1 is 1.45 bits per heavy atom. The van der Waals surface area contributed by atoms with E-state index in [4.69, 9.17) is 0 Å². The highest BCUT2D eigenvalue weighted by molar-refractivity contribution is 5.83. The van der Waals surface area contributed by atoms with E-state index >= 15 is 0 Å². The standard InChI is InChI=1S/C10H16O/c1-6-8-4-7(5-9(6)11)10(8,2)3/h6-8H,4-5H2,1-3H3/t6?,7?,8-/m0/s1. The van der Waals surface area contributed by atoms with Gasteiger partial charge in [-0.3, -0.25) is 4.79 Å². The first kappa shape index (κ1) is 7.33. The molecule has 0 aromatic carbocycles. The molecule has 3 aliphatic carbocycles. The maximum absolute atomic E-state index is 11.3. The van der Waals surface area contributed by atoms with Crippen molar-refractivity contribution in [3.8, 4) is 0 Å². The topological polar surface area (TPSA) is 17.1 Å². The molecule has 0 spiro atoms. The molecular formula is C10H16O. The molecule has 11 heavy (non-hydrogen) atoms. The Morgan fingerprint density at radius 2 is 2.09 bits per heavy atom. The molecule has 0 aromatic heterocycles. The van der Waals surface area contributed by atoms with Crippen LogP contribution in [0, 0.1) is 23.2 Å². The van der Waals surface area contributed by atoms with Crippen LogP contribution in [0.3, 0.4) is 0 Å². The van der Waals surface area contributed by atoms with E-state index in [1.165, 1.54) is 6.42 Å². The Bertz CT molecular complexity index is 205. The first-order valence-electron chi connectivity index (χ1n) is 4.56. The zero-order valence-corrected chi connectivity index (χ0v) is 7.55. The number of carbonyl (C=O) groups is 1. The van der Waals surface area contributed by atoms with E-state index in [9.17, 15) is 4.79 Å². The molecule has 1 nitrogen and oxygen atoms in total. The fourth-order valence-electron chi connectivity index (χ4n) is 2.90. The largest absolute Gasteiger partial charge is 0.299 e. The van der Waals surface area contributed by atoms with Crippen LogP contribution in [0.4, 0.5) is 0 Å². The summed E-state index contributed by atoms with van der Waals surface area (Å²) < 4.78 is 0. The van der Waals surface area contributed by atoms with Crippen molar-refractivity contribution >= 4 is 5.78 Å². The smallest absolute Gasteiger partial charge is 0.136 e. The minimum atomic E-state index is 0.343. The SMILES string of the molecule is CC1C(=O)CC2C[C@@H]1C2(C)C. The van der Waals surface area contributed by atoms with E-state index in [-0.39, 0.29) is 0 Å². The van der Waals surface area contributed by atoms with Gasteiger partial charge in [0.05, 0.1) is 0 Å². The third-order valence-electron chi connectivity index (χ3n) is 4.11. The highest BCUT2D eigenvalue weighted by atomic mass is 16.1. The Labute approximate surface area is 68.2 Å². The Morgan fingerprint density at radius 3 is 2.45 bits per heavy atom. The highest BCUT2D eigenvalue weighted by Gasteiger charge is 2.55. The Balaban J connectivity index is 2.23. The van der Waals surface area contributed by atoms with E-state index in [1.807, 2.05) is 0 Å². The zero-order chi connectivity index (χ0) is 8.22. The average molecular weight is 152 g/mol. The van der Waals surface area contributed by atoms with Crippen LogP contribution in [0.1, 0.15) is 33.6 Å². The maximum Gasteiger partial charge on any atom is 0.136 e. The molecule has 3 rings (SSSR count). The first-order chi connectivity index (χ1) is 5.03. The van der Waals surface area contributed by atoms with Crippen LogP contribution in [-0.4, -0.2) is 5.78 Å². The summed E-state index contributed by atoms with van der Waals surface area (Å²) in [6.45, 7) is 6.73. The Kier molecular flexibility index (Phi) is 1.25. The van der Waals surface area contributed by atoms with Crippen LogP contribution >= 0.6 is 0 Å². The summed E-state index contributed by atoms with van der Waals surface area (Å²) >= 11 is 0. The number of carbonyl (C=O) groups excluding carboxylic acids is 1. The molecule has 0 amide bonds. The van der Waals surface area contributed by atoms with Crippen LogP contribution < -0.4 is 0 Å². The van der Waals surface area contributed by atoms with Gasteiger partial charge in [-0.05, 0) is 23.7 Å². The summed E-state index contributed by atoms with van der Waals surface area (Å²) in [7, 11) is 0. The van der Waals surface area contributed by atoms with Gasteiger partial charge in [-0.1, -0.05) is 20.8 Å². The van der Waals surface area contributed by atoms with Gasteiger partial charge >= 0.3 is 0 Å². The van der Waals surface area contributed by atoms with Gasteiger partial charge in [-0.25, -0.2) is 0 Å². The summed E-state index contributed by atoms with van der Waals surface area (Å²) in [4.78, 5) is 11.3. The molecule has 0 N–H and O–H groups in total. The van der Waals surface area contributed by atoms with Crippen molar-refractivity contribution in [1.82, 2.24) is 0 Å². The predicted octanol–water partition coefficient (Wildman–Crippen LogP) is 2.26. The van der Waals surface area contributed by atoms with Crippen LogP contribution in [-0.2, 0) is 4.79 Å². The Hall–Kier alpha value is -0.330. The van der Waals surface area contributed by atoms with Crippen molar-refractivity contribution in [3.63, 3.8) is 0 Å². The minimum Gasteiger partial charge on any atom is -0.299 e. The normalized spacial score (nSPS) is 46.8. The van der Waals surface area contributed by atoms with Crippen molar-refractivity contribution < 1.29 is 4.79 Å². The van der Waals surface area contributed by atoms with Gasteiger partial charge in [0.1, 0.15) is 5.78 Å². The lowest BCUT2D eigenvalue weighted by atomic mass is 9.45. The highest BCUT2D eigenvalue weighted by Crippen LogP contribution is 2.59. The molecule has 0 heterocycles. The zero-order valence-electron chi connectivity index (χ0n) is 7.55. The van der Waals surface area contributed by atoms with Crippen molar-refractivity contribution in [2.75, 3.05) is 0 Å². The molecule has 0 saturated heterocycles. The van der Waals surface area contributed by atoms with Gasteiger partial charge in [-0.2, -0.15) is 0 Å². The van der Waals surface area contributed by atoms with Gasteiger partial charge in [0.15, 0.2) is 0 Å². The van der Waals surface area contributed by atoms with Crippen LogP contribution in [0.15, 0.2) is 0 Å². The lowest BCUT2D eigenvalue weighted by Crippen LogP contribution is -2.55. The van der Waals surface area contributed by atoms with Crippen LogP contribution in [0.2, 0.25) is 0 Å². The summed E-state index contributed by atoms with van der Waals surface area (Å²) in [5.41, 5.74) is 0.466. The van der Waals surface area contributed by atoms with E-state index in [2.05, 4.69) is 20.8 Å². The van der Waals surface area contributed by atoms with Crippen molar-refractivity contribution in [3.05, 3.63) is 0 Å². The monoisotopic (exact) mass is 152 g/mol. The summed E-state index contributed by atoms with van der Waals surface area (Å²) in [5.74, 6) is 2.24. The molecule has 3 aliphatic rings. The summed E-state index contributed by atoms with van der Waals surface area (Å²) in [6.07, 6.45) is 2.16. The molecular weight excluding hydrogens is 136 g/mol. The van der Waals surface area contributed by atoms with Crippen molar-refractivity contribution in [1.29, 1.82) is 0 Å². The minimum absolute atomic E-state index is 0.343. The first-order valence-corrected chi connectivity index (χ1v) is 4.56. The second kappa shape index (κ2) is 1.88. The number of Topliss-reactive ketones (excluding diaryl/α,β-unsaturated/α-hetero) is 1. The third-order valence-corrected chi connectivity index (χ3v) is 4.11. The second-order valence-corrected chi connectivity index (χ2v) is 4.82.